The van der Waals surface area contributed by atoms with Crippen LogP contribution >= 0.6 is 0 Å². The first-order valence-electron chi connectivity index (χ1n) is 6.38. The quantitative estimate of drug-likeness (QED) is 0.795. The van der Waals surface area contributed by atoms with E-state index in [-0.39, 0.29) is 11.6 Å². The van der Waals surface area contributed by atoms with Crippen molar-refractivity contribution in [3.8, 4) is 11.6 Å². The summed E-state index contributed by atoms with van der Waals surface area (Å²) in [6.07, 6.45) is 1.67. The summed E-state index contributed by atoms with van der Waals surface area (Å²) in [6, 6.07) is 12.4. The molecule has 104 valence electrons. The van der Waals surface area contributed by atoms with E-state index in [4.69, 9.17) is 9.84 Å². The normalized spacial score (nSPS) is 10.5. The van der Waals surface area contributed by atoms with Gasteiger partial charge >= 0.3 is 5.97 Å². The van der Waals surface area contributed by atoms with Gasteiger partial charge in [0.1, 0.15) is 0 Å². The molecule has 0 fully saturated rings. The van der Waals surface area contributed by atoms with Crippen molar-refractivity contribution in [3.63, 3.8) is 0 Å². The van der Waals surface area contributed by atoms with Crippen LogP contribution in [0.5, 0.6) is 11.6 Å². The van der Waals surface area contributed by atoms with Crippen LogP contribution in [0.2, 0.25) is 0 Å². The van der Waals surface area contributed by atoms with Crippen LogP contribution in [0.25, 0.3) is 10.8 Å². The summed E-state index contributed by atoms with van der Waals surface area (Å²) < 4.78 is 5.78. The third kappa shape index (κ3) is 2.53. The number of fused-ring (bicyclic) bond motifs is 1. The van der Waals surface area contributed by atoms with Gasteiger partial charge < -0.3 is 9.84 Å². The average molecular weight is 280 g/mol. The SMILES string of the molecule is Cc1ncccc1Oc1nc(C(=O)O)cc2ccccc12. The summed E-state index contributed by atoms with van der Waals surface area (Å²) in [6.45, 7) is 1.82. The van der Waals surface area contributed by atoms with E-state index in [1.165, 1.54) is 6.07 Å². The molecule has 5 nitrogen and oxygen atoms in total. The number of carboxylic acid groups (broad SMARTS) is 1. The van der Waals surface area contributed by atoms with Crippen molar-refractivity contribution in [2.24, 2.45) is 0 Å². The van der Waals surface area contributed by atoms with Crippen molar-refractivity contribution in [2.75, 3.05) is 0 Å². The molecule has 0 aliphatic heterocycles. The molecule has 0 spiro atoms. The second-order valence-electron chi connectivity index (χ2n) is 4.53. The number of aromatic carboxylic acids is 1. The number of ether oxygens (including phenoxy) is 1. The molecular weight excluding hydrogens is 268 g/mol. The Bertz CT molecular complexity index is 831. The van der Waals surface area contributed by atoms with Crippen LogP contribution in [-0.2, 0) is 0 Å². The second kappa shape index (κ2) is 5.20. The predicted octanol–water partition coefficient (Wildman–Crippen LogP) is 3.43. The summed E-state index contributed by atoms with van der Waals surface area (Å²) in [4.78, 5) is 19.4. The maximum atomic E-state index is 11.2. The molecule has 1 N–H and O–H groups in total. The highest BCUT2D eigenvalue weighted by atomic mass is 16.5. The lowest BCUT2D eigenvalue weighted by Gasteiger charge is -2.10. The summed E-state index contributed by atoms with van der Waals surface area (Å²) in [7, 11) is 0. The maximum absolute atomic E-state index is 11.2. The second-order valence-corrected chi connectivity index (χ2v) is 4.53. The fourth-order valence-corrected chi connectivity index (χ4v) is 2.04. The molecule has 3 aromatic rings. The lowest BCUT2D eigenvalue weighted by atomic mass is 10.1. The highest BCUT2D eigenvalue weighted by Crippen LogP contribution is 2.29. The summed E-state index contributed by atoms with van der Waals surface area (Å²) in [5.74, 6) is -0.271. The lowest BCUT2D eigenvalue weighted by Crippen LogP contribution is -2.02. The molecule has 2 aromatic heterocycles. The molecule has 0 aliphatic carbocycles. The number of nitrogens with zero attached hydrogens (tertiary/aromatic N) is 2. The largest absolute Gasteiger partial charge is 0.477 e. The molecule has 0 atom stereocenters. The highest BCUT2D eigenvalue weighted by molar-refractivity contribution is 5.94. The Labute approximate surface area is 120 Å². The Hall–Kier alpha value is -2.95. The minimum Gasteiger partial charge on any atom is -0.477 e. The minimum absolute atomic E-state index is 0.0507. The third-order valence-corrected chi connectivity index (χ3v) is 3.09. The van der Waals surface area contributed by atoms with Crippen molar-refractivity contribution in [2.45, 2.75) is 6.92 Å². The van der Waals surface area contributed by atoms with Crippen LogP contribution in [0.3, 0.4) is 0 Å². The molecule has 0 unspecified atom stereocenters. The zero-order valence-corrected chi connectivity index (χ0v) is 11.3. The van der Waals surface area contributed by atoms with E-state index in [1.54, 1.807) is 18.3 Å². The molecule has 0 amide bonds. The lowest BCUT2D eigenvalue weighted by molar-refractivity contribution is 0.0690. The van der Waals surface area contributed by atoms with Gasteiger partial charge in [0.2, 0.25) is 5.88 Å². The molecule has 0 bridgehead atoms. The van der Waals surface area contributed by atoms with Gasteiger partial charge in [-0.3, -0.25) is 4.98 Å². The molecule has 0 saturated carbocycles. The molecule has 3 rings (SSSR count). The van der Waals surface area contributed by atoms with E-state index < -0.39 is 5.97 Å². The number of hydrogen-bond acceptors (Lipinski definition) is 4. The monoisotopic (exact) mass is 280 g/mol. The minimum atomic E-state index is -1.09. The van der Waals surface area contributed by atoms with E-state index in [2.05, 4.69) is 9.97 Å². The van der Waals surface area contributed by atoms with E-state index in [0.717, 1.165) is 10.8 Å². The average Bonchev–Trinajstić information content (AvgIpc) is 2.49. The number of hydrogen-bond donors (Lipinski definition) is 1. The van der Waals surface area contributed by atoms with Gasteiger partial charge in [0.25, 0.3) is 0 Å². The highest BCUT2D eigenvalue weighted by Gasteiger charge is 2.13. The summed E-state index contributed by atoms with van der Waals surface area (Å²) in [5, 5.41) is 10.7. The smallest absolute Gasteiger partial charge is 0.354 e. The number of carbonyl (C=O) groups is 1. The van der Waals surface area contributed by atoms with Crippen LogP contribution in [0.1, 0.15) is 16.2 Å². The first kappa shape index (κ1) is 13.1. The number of aromatic nitrogens is 2. The van der Waals surface area contributed by atoms with Crippen LogP contribution in [0, 0.1) is 6.92 Å². The molecule has 0 aliphatic rings. The van der Waals surface area contributed by atoms with Gasteiger partial charge in [0.05, 0.1) is 5.69 Å². The Balaban J connectivity index is 2.16. The number of carboxylic acids is 1. The number of rotatable bonds is 3. The van der Waals surface area contributed by atoms with Gasteiger partial charge in [0.15, 0.2) is 11.4 Å². The van der Waals surface area contributed by atoms with E-state index in [1.807, 2.05) is 31.2 Å². The maximum Gasteiger partial charge on any atom is 0.354 e. The number of aryl methyl sites for hydroxylation is 1. The van der Waals surface area contributed by atoms with Gasteiger partial charge in [-0.2, -0.15) is 0 Å². The number of pyridine rings is 2. The third-order valence-electron chi connectivity index (χ3n) is 3.09. The van der Waals surface area contributed by atoms with E-state index in [9.17, 15) is 4.79 Å². The van der Waals surface area contributed by atoms with E-state index >= 15 is 0 Å². The first-order chi connectivity index (χ1) is 10.1. The van der Waals surface area contributed by atoms with Crippen molar-refractivity contribution < 1.29 is 14.6 Å². The molecule has 21 heavy (non-hydrogen) atoms. The van der Waals surface area contributed by atoms with Crippen molar-refractivity contribution in [1.82, 2.24) is 9.97 Å². The zero-order valence-electron chi connectivity index (χ0n) is 11.3. The molecule has 5 heteroatoms. The van der Waals surface area contributed by atoms with Crippen molar-refractivity contribution in [3.05, 3.63) is 60.0 Å². The summed E-state index contributed by atoms with van der Waals surface area (Å²) >= 11 is 0. The zero-order chi connectivity index (χ0) is 14.8. The van der Waals surface area contributed by atoms with Gasteiger partial charge in [-0.05, 0) is 36.6 Å². The number of benzene rings is 1. The fraction of sp³-hybridized carbons (Fsp3) is 0.0625. The van der Waals surface area contributed by atoms with Crippen molar-refractivity contribution >= 4 is 16.7 Å². The van der Waals surface area contributed by atoms with Gasteiger partial charge in [0, 0.05) is 11.6 Å². The van der Waals surface area contributed by atoms with Crippen molar-refractivity contribution in [1.29, 1.82) is 0 Å². The van der Waals surface area contributed by atoms with Gasteiger partial charge in [-0.1, -0.05) is 18.2 Å². The first-order valence-corrected chi connectivity index (χ1v) is 6.38. The Morgan fingerprint density at radius 3 is 2.76 bits per heavy atom. The standard InChI is InChI=1S/C16H12N2O3/c1-10-14(7-4-8-17-10)21-15-12-6-3-2-5-11(12)9-13(18-15)16(19)20/h2-9H,1H3,(H,19,20). The summed E-state index contributed by atoms with van der Waals surface area (Å²) in [5.41, 5.74) is 0.661. The molecule has 1 aromatic carbocycles. The molecule has 0 saturated heterocycles. The molecule has 0 radical (unpaired) electrons. The molecular formula is C16H12N2O3. The van der Waals surface area contributed by atoms with Crippen LogP contribution in [0.4, 0.5) is 0 Å². The Morgan fingerprint density at radius 2 is 2.00 bits per heavy atom. The Kier molecular flexibility index (Phi) is 3.23. The predicted molar refractivity (Wildman–Crippen MR) is 77.8 cm³/mol. The van der Waals surface area contributed by atoms with Gasteiger partial charge in [-0.25, -0.2) is 9.78 Å². The van der Waals surface area contributed by atoms with Crippen LogP contribution in [-0.4, -0.2) is 21.0 Å². The molecule has 2 heterocycles. The van der Waals surface area contributed by atoms with Crippen LogP contribution in [0.15, 0.2) is 48.7 Å². The van der Waals surface area contributed by atoms with Gasteiger partial charge in [-0.15, -0.1) is 0 Å². The van der Waals surface area contributed by atoms with Crippen LogP contribution < -0.4 is 4.74 Å². The van der Waals surface area contributed by atoms with E-state index in [0.29, 0.717) is 11.4 Å². The fourth-order valence-electron chi connectivity index (χ4n) is 2.04. The topological polar surface area (TPSA) is 72.3 Å². The Morgan fingerprint density at radius 1 is 1.19 bits per heavy atom.